The number of nitrogens with one attached hydrogen (secondary N) is 1. The molecular weight excluding hydrogens is 442 g/mol. The number of benzene rings is 2. The van der Waals surface area contributed by atoms with Gasteiger partial charge in [-0.3, -0.25) is 4.79 Å². The average Bonchev–Trinajstić information content (AvgIpc) is 3.06. The number of hydrogen-bond donors (Lipinski definition) is 2. The summed E-state index contributed by atoms with van der Waals surface area (Å²) in [6.07, 6.45) is 0.488. The second-order valence-electron chi connectivity index (χ2n) is 7.77. The molecule has 3 aromatic rings. The molecule has 0 aliphatic rings. The molecule has 0 spiro atoms. The monoisotopic (exact) mass is 469 g/mol. The molecule has 0 bridgehead atoms. The molecule has 33 heavy (non-hydrogen) atoms. The zero-order valence-electron chi connectivity index (χ0n) is 18.8. The summed E-state index contributed by atoms with van der Waals surface area (Å²) in [6.45, 7) is 5.69. The SMILES string of the molecule is Cc1ccccc1-n1c(C)cc(C(=O)OCC(=O)NCCc2ccc(S(N)(=O)=O)cc2)c1C. The summed E-state index contributed by atoms with van der Waals surface area (Å²) >= 11 is 0. The first-order valence-corrected chi connectivity index (χ1v) is 11.9. The fourth-order valence-electron chi connectivity index (χ4n) is 3.61. The normalized spacial score (nSPS) is 11.3. The van der Waals surface area contributed by atoms with E-state index in [9.17, 15) is 18.0 Å². The van der Waals surface area contributed by atoms with Crippen LogP contribution in [0.25, 0.3) is 5.69 Å². The van der Waals surface area contributed by atoms with E-state index in [1.807, 2.05) is 49.6 Å². The summed E-state index contributed by atoms with van der Waals surface area (Å²) in [7, 11) is -3.73. The van der Waals surface area contributed by atoms with Crippen LogP contribution in [0.3, 0.4) is 0 Å². The zero-order chi connectivity index (χ0) is 24.2. The predicted octanol–water partition coefficient (Wildman–Crippen LogP) is 2.57. The maximum atomic E-state index is 12.6. The van der Waals surface area contributed by atoms with Gasteiger partial charge in [0.15, 0.2) is 6.61 Å². The number of hydrogen-bond acceptors (Lipinski definition) is 5. The molecule has 3 N–H and O–H groups in total. The number of sulfonamides is 1. The summed E-state index contributed by atoms with van der Waals surface area (Å²) in [4.78, 5) is 24.7. The molecule has 0 saturated heterocycles. The third kappa shape index (κ3) is 5.88. The Morgan fingerprint density at radius 1 is 1.03 bits per heavy atom. The second kappa shape index (κ2) is 10.0. The Morgan fingerprint density at radius 2 is 1.70 bits per heavy atom. The molecule has 1 aromatic heterocycles. The lowest BCUT2D eigenvalue weighted by atomic mass is 10.1. The third-order valence-corrected chi connectivity index (χ3v) is 6.26. The van der Waals surface area contributed by atoms with Crippen molar-refractivity contribution in [1.82, 2.24) is 9.88 Å². The van der Waals surface area contributed by atoms with Gasteiger partial charge in [-0.25, -0.2) is 18.4 Å². The lowest BCUT2D eigenvalue weighted by Gasteiger charge is -2.12. The van der Waals surface area contributed by atoms with Crippen LogP contribution in [0.5, 0.6) is 0 Å². The molecule has 0 fully saturated rings. The highest BCUT2D eigenvalue weighted by molar-refractivity contribution is 7.89. The van der Waals surface area contributed by atoms with Crippen molar-refractivity contribution in [3.63, 3.8) is 0 Å². The molecule has 0 atom stereocenters. The van der Waals surface area contributed by atoms with E-state index in [1.165, 1.54) is 12.1 Å². The zero-order valence-corrected chi connectivity index (χ0v) is 19.6. The molecule has 174 valence electrons. The van der Waals surface area contributed by atoms with Gasteiger partial charge in [-0.15, -0.1) is 0 Å². The van der Waals surface area contributed by atoms with Gasteiger partial charge >= 0.3 is 5.97 Å². The number of aryl methyl sites for hydroxylation is 2. The minimum absolute atomic E-state index is 0.0315. The van der Waals surface area contributed by atoms with Crippen LogP contribution in [-0.4, -0.2) is 38.0 Å². The molecule has 2 aromatic carbocycles. The first-order chi connectivity index (χ1) is 15.6. The van der Waals surface area contributed by atoms with Crippen molar-refractivity contribution in [2.45, 2.75) is 32.1 Å². The van der Waals surface area contributed by atoms with E-state index in [1.54, 1.807) is 18.2 Å². The molecule has 3 rings (SSSR count). The Hall–Kier alpha value is -3.43. The number of nitrogens with zero attached hydrogens (tertiary/aromatic N) is 1. The van der Waals surface area contributed by atoms with Crippen LogP contribution >= 0.6 is 0 Å². The molecular formula is C24H27N3O5S. The summed E-state index contributed by atoms with van der Waals surface area (Å²) in [5.41, 5.74) is 4.96. The van der Waals surface area contributed by atoms with E-state index in [0.29, 0.717) is 18.5 Å². The van der Waals surface area contributed by atoms with Crippen LogP contribution in [0.1, 0.15) is 32.9 Å². The summed E-state index contributed by atoms with van der Waals surface area (Å²) in [5.74, 6) is -0.978. The van der Waals surface area contributed by atoms with E-state index < -0.39 is 28.5 Å². The Labute approximate surface area is 193 Å². The minimum atomic E-state index is -3.73. The van der Waals surface area contributed by atoms with Crippen LogP contribution in [-0.2, 0) is 26.0 Å². The van der Waals surface area contributed by atoms with E-state index in [-0.39, 0.29) is 4.90 Å². The molecule has 9 heteroatoms. The van der Waals surface area contributed by atoms with Crippen LogP contribution < -0.4 is 10.5 Å². The first kappa shape index (κ1) is 24.2. The molecule has 8 nitrogen and oxygen atoms in total. The van der Waals surface area contributed by atoms with Gasteiger partial charge in [-0.1, -0.05) is 30.3 Å². The minimum Gasteiger partial charge on any atom is -0.452 e. The lowest BCUT2D eigenvalue weighted by Crippen LogP contribution is -2.30. The maximum Gasteiger partial charge on any atom is 0.340 e. The number of amides is 1. The van der Waals surface area contributed by atoms with Crippen molar-refractivity contribution in [2.24, 2.45) is 5.14 Å². The third-order valence-electron chi connectivity index (χ3n) is 5.33. The number of carbonyl (C=O) groups is 2. The molecule has 1 amide bonds. The van der Waals surface area contributed by atoms with Crippen molar-refractivity contribution >= 4 is 21.9 Å². The van der Waals surface area contributed by atoms with Gasteiger partial charge in [0, 0.05) is 23.6 Å². The fourth-order valence-corrected chi connectivity index (χ4v) is 4.12. The highest BCUT2D eigenvalue weighted by Gasteiger charge is 2.19. The maximum absolute atomic E-state index is 12.6. The van der Waals surface area contributed by atoms with Gasteiger partial charge in [0.25, 0.3) is 5.91 Å². The number of ether oxygens (including phenoxy) is 1. The number of aromatic nitrogens is 1. The van der Waals surface area contributed by atoms with Crippen molar-refractivity contribution < 1.29 is 22.7 Å². The number of para-hydroxylation sites is 1. The summed E-state index contributed by atoms with van der Waals surface area (Å²) < 4.78 is 29.8. The van der Waals surface area contributed by atoms with E-state index in [4.69, 9.17) is 9.88 Å². The van der Waals surface area contributed by atoms with Crippen LogP contribution in [0.15, 0.2) is 59.5 Å². The molecule has 0 aliphatic carbocycles. The van der Waals surface area contributed by atoms with Crippen LogP contribution in [0.2, 0.25) is 0 Å². The van der Waals surface area contributed by atoms with Crippen molar-refractivity contribution in [1.29, 1.82) is 0 Å². The van der Waals surface area contributed by atoms with E-state index in [0.717, 1.165) is 28.2 Å². The van der Waals surface area contributed by atoms with E-state index in [2.05, 4.69) is 5.32 Å². The summed E-state index contributed by atoms with van der Waals surface area (Å²) in [6, 6.07) is 15.8. The van der Waals surface area contributed by atoms with Crippen LogP contribution in [0, 0.1) is 20.8 Å². The summed E-state index contributed by atoms with van der Waals surface area (Å²) in [5, 5.41) is 7.76. The molecule has 0 aliphatic heterocycles. The predicted molar refractivity (Wildman–Crippen MR) is 125 cm³/mol. The van der Waals surface area contributed by atoms with E-state index >= 15 is 0 Å². The number of rotatable bonds is 8. The number of primary sulfonamides is 1. The van der Waals surface area contributed by atoms with Crippen molar-refractivity contribution in [2.75, 3.05) is 13.2 Å². The average molecular weight is 470 g/mol. The second-order valence-corrected chi connectivity index (χ2v) is 9.33. The van der Waals surface area contributed by atoms with Gasteiger partial charge in [0.05, 0.1) is 10.5 Å². The molecule has 0 radical (unpaired) electrons. The quantitative estimate of drug-likeness (QED) is 0.491. The van der Waals surface area contributed by atoms with Crippen LogP contribution in [0.4, 0.5) is 0 Å². The van der Waals surface area contributed by atoms with Gasteiger partial charge in [-0.2, -0.15) is 0 Å². The number of nitrogens with two attached hydrogens (primary N) is 1. The van der Waals surface area contributed by atoms with Crippen molar-refractivity contribution in [3.05, 3.63) is 82.7 Å². The van der Waals surface area contributed by atoms with Gasteiger partial charge in [-0.05, 0) is 62.6 Å². The Morgan fingerprint density at radius 3 is 2.33 bits per heavy atom. The topological polar surface area (TPSA) is 120 Å². The first-order valence-electron chi connectivity index (χ1n) is 10.4. The van der Waals surface area contributed by atoms with Gasteiger partial charge < -0.3 is 14.6 Å². The lowest BCUT2D eigenvalue weighted by molar-refractivity contribution is -0.124. The highest BCUT2D eigenvalue weighted by atomic mass is 32.2. The number of carbonyl (C=O) groups excluding carboxylic acids is 2. The van der Waals surface area contributed by atoms with Crippen molar-refractivity contribution in [3.8, 4) is 5.69 Å². The standard InChI is InChI=1S/C24H27N3O5S/c1-16-6-4-5-7-22(16)27-17(2)14-21(18(27)3)24(29)32-15-23(28)26-13-12-19-8-10-20(11-9-19)33(25,30)31/h4-11,14H,12-13,15H2,1-3H3,(H,26,28)(H2,25,30,31). The number of esters is 1. The molecule has 0 saturated carbocycles. The largest absolute Gasteiger partial charge is 0.452 e. The Bertz CT molecular complexity index is 1280. The van der Waals surface area contributed by atoms with Gasteiger partial charge in [0.1, 0.15) is 0 Å². The molecule has 1 heterocycles. The smallest absolute Gasteiger partial charge is 0.340 e. The fraction of sp³-hybridized carbons (Fsp3) is 0.250. The van der Waals surface area contributed by atoms with Gasteiger partial charge in [0.2, 0.25) is 10.0 Å². The Kier molecular flexibility index (Phi) is 7.35. The Balaban J connectivity index is 1.53. The molecule has 0 unspecified atom stereocenters. The highest BCUT2D eigenvalue weighted by Crippen LogP contribution is 2.23.